The minimum Gasteiger partial charge on any atom is -0.495 e. The number of ether oxygens (including phenoxy) is 1. The van der Waals surface area contributed by atoms with Gasteiger partial charge in [0.25, 0.3) is 21.6 Å². The fraction of sp³-hybridized carbons (Fsp3) is 0.105. The number of hydrogen-bond donors (Lipinski definition) is 2. The minimum atomic E-state index is -4.15. The molecule has 2 aromatic carbocycles. The van der Waals surface area contributed by atoms with E-state index < -0.39 is 20.9 Å². The number of furan rings is 1. The van der Waals surface area contributed by atoms with Gasteiger partial charge in [0.05, 0.1) is 35.4 Å². The van der Waals surface area contributed by atoms with Crippen LogP contribution in [0.2, 0.25) is 0 Å². The summed E-state index contributed by atoms with van der Waals surface area (Å²) in [5.74, 6) is 0.166. The van der Waals surface area contributed by atoms with E-state index in [0.717, 1.165) is 6.07 Å². The number of non-ortho nitro benzene ring substituents is 1. The van der Waals surface area contributed by atoms with Gasteiger partial charge in [0.15, 0.2) is 0 Å². The second kappa shape index (κ2) is 8.66. The number of rotatable bonds is 8. The molecule has 0 saturated carbocycles. The molecule has 0 fully saturated rings. The molecule has 11 heteroatoms. The zero-order valence-electron chi connectivity index (χ0n) is 15.7. The normalized spacial score (nSPS) is 11.0. The minimum absolute atomic E-state index is 0.0978. The molecule has 0 bridgehead atoms. The molecule has 0 aliphatic rings. The topological polar surface area (TPSA) is 141 Å². The van der Waals surface area contributed by atoms with Gasteiger partial charge in [0, 0.05) is 17.7 Å². The largest absolute Gasteiger partial charge is 0.495 e. The van der Waals surface area contributed by atoms with Gasteiger partial charge >= 0.3 is 0 Å². The Kier molecular flexibility index (Phi) is 6.02. The van der Waals surface area contributed by atoms with Crippen LogP contribution in [0.1, 0.15) is 16.1 Å². The first-order chi connectivity index (χ1) is 14.3. The summed E-state index contributed by atoms with van der Waals surface area (Å²) in [6.45, 7) is 0.145. The molecular weight excluding hydrogens is 414 g/mol. The summed E-state index contributed by atoms with van der Waals surface area (Å²) in [7, 11) is -2.85. The molecule has 30 heavy (non-hydrogen) atoms. The van der Waals surface area contributed by atoms with E-state index in [4.69, 9.17) is 9.15 Å². The predicted octanol–water partition coefficient (Wildman–Crippen LogP) is 2.93. The fourth-order valence-electron chi connectivity index (χ4n) is 2.58. The van der Waals surface area contributed by atoms with Crippen molar-refractivity contribution in [1.82, 2.24) is 5.32 Å². The van der Waals surface area contributed by atoms with Gasteiger partial charge in [0.1, 0.15) is 11.5 Å². The molecule has 1 aromatic heterocycles. The van der Waals surface area contributed by atoms with Crippen molar-refractivity contribution in [3.8, 4) is 5.75 Å². The second-order valence-corrected chi connectivity index (χ2v) is 7.72. The van der Waals surface area contributed by atoms with E-state index in [-0.39, 0.29) is 34.1 Å². The van der Waals surface area contributed by atoms with Crippen LogP contribution in [0, 0.1) is 10.1 Å². The van der Waals surface area contributed by atoms with Crippen LogP contribution < -0.4 is 14.8 Å². The van der Waals surface area contributed by atoms with Crippen molar-refractivity contribution in [3.63, 3.8) is 0 Å². The highest BCUT2D eigenvalue weighted by atomic mass is 32.2. The van der Waals surface area contributed by atoms with Crippen molar-refractivity contribution in [2.24, 2.45) is 0 Å². The summed E-state index contributed by atoms with van der Waals surface area (Å²) in [6, 6.07) is 12.3. The van der Waals surface area contributed by atoms with Crippen molar-refractivity contribution in [3.05, 3.63) is 82.3 Å². The number of hydrogen-bond acceptors (Lipinski definition) is 7. The Labute approximate surface area is 171 Å². The number of methoxy groups -OCH3 is 1. The number of amides is 1. The van der Waals surface area contributed by atoms with Crippen LogP contribution in [0.5, 0.6) is 5.75 Å². The third-order valence-corrected chi connectivity index (χ3v) is 5.41. The first-order valence-corrected chi connectivity index (χ1v) is 10.0. The number of sulfonamides is 1. The van der Waals surface area contributed by atoms with Gasteiger partial charge in [-0.3, -0.25) is 19.6 Å². The van der Waals surface area contributed by atoms with Gasteiger partial charge in [-0.15, -0.1) is 0 Å². The van der Waals surface area contributed by atoms with E-state index in [0.29, 0.717) is 5.76 Å². The molecule has 0 saturated heterocycles. The predicted molar refractivity (Wildman–Crippen MR) is 107 cm³/mol. The molecule has 1 amide bonds. The number of nitrogens with zero attached hydrogens (tertiary/aromatic N) is 1. The molecule has 0 radical (unpaired) electrons. The molecule has 0 aliphatic carbocycles. The number of nitrogens with one attached hydrogen (secondary N) is 2. The summed E-state index contributed by atoms with van der Waals surface area (Å²) in [5, 5.41) is 13.6. The lowest BCUT2D eigenvalue weighted by Gasteiger charge is -2.12. The van der Waals surface area contributed by atoms with Crippen LogP contribution >= 0.6 is 0 Å². The maximum absolute atomic E-state index is 12.8. The molecule has 10 nitrogen and oxygen atoms in total. The monoisotopic (exact) mass is 431 g/mol. The zero-order chi connectivity index (χ0) is 21.7. The smallest absolute Gasteiger partial charge is 0.271 e. The molecule has 0 spiro atoms. The van der Waals surface area contributed by atoms with Crippen LogP contribution in [-0.4, -0.2) is 26.4 Å². The fourth-order valence-corrected chi connectivity index (χ4v) is 3.69. The molecule has 0 aliphatic heterocycles. The molecule has 0 atom stereocenters. The van der Waals surface area contributed by atoms with Crippen LogP contribution in [0.3, 0.4) is 0 Å². The average molecular weight is 431 g/mol. The number of nitro benzene ring substituents is 1. The Balaban J connectivity index is 1.83. The van der Waals surface area contributed by atoms with Gasteiger partial charge in [0.2, 0.25) is 0 Å². The lowest BCUT2D eigenvalue weighted by Crippen LogP contribution is -2.23. The quantitative estimate of drug-likeness (QED) is 0.413. The first-order valence-electron chi connectivity index (χ1n) is 8.56. The maximum atomic E-state index is 12.8. The Bertz CT molecular complexity index is 1170. The molecular formula is C19H17N3O7S. The van der Waals surface area contributed by atoms with E-state index in [1.807, 2.05) is 0 Å². The number of nitro groups is 1. The van der Waals surface area contributed by atoms with Crippen molar-refractivity contribution in [1.29, 1.82) is 0 Å². The van der Waals surface area contributed by atoms with Crippen LogP contribution in [0.25, 0.3) is 0 Å². The summed E-state index contributed by atoms with van der Waals surface area (Å²) in [6.07, 6.45) is 1.47. The van der Waals surface area contributed by atoms with Crippen molar-refractivity contribution in [2.75, 3.05) is 11.8 Å². The Morgan fingerprint density at radius 1 is 1.17 bits per heavy atom. The average Bonchev–Trinajstić information content (AvgIpc) is 3.25. The van der Waals surface area contributed by atoms with Gasteiger partial charge in [-0.2, -0.15) is 0 Å². The number of benzene rings is 2. The number of anilines is 1. The van der Waals surface area contributed by atoms with Crippen LogP contribution in [0.15, 0.2) is 70.2 Å². The van der Waals surface area contributed by atoms with Crippen molar-refractivity contribution in [2.45, 2.75) is 11.4 Å². The highest BCUT2D eigenvalue weighted by molar-refractivity contribution is 7.92. The van der Waals surface area contributed by atoms with Crippen LogP contribution in [-0.2, 0) is 16.6 Å². The van der Waals surface area contributed by atoms with E-state index in [1.54, 1.807) is 12.1 Å². The zero-order valence-corrected chi connectivity index (χ0v) is 16.5. The molecule has 1 heterocycles. The summed E-state index contributed by atoms with van der Waals surface area (Å²) in [4.78, 5) is 22.5. The number of carbonyl (C=O) groups is 1. The lowest BCUT2D eigenvalue weighted by atomic mass is 10.2. The maximum Gasteiger partial charge on any atom is 0.271 e. The number of carbonyl (C=O) groups excluding carboxylic acids is 1. The third-order valence-electron chi connectivity index (χ3n) is 4.05. The Morgan fingerprint density at radius 3 is 2.63 bits per heavy atom. The molecule has 0 unspecified atom stereocenters. The lowest BCUT2D eigenvalue weighted by molar-refractivity contribution is -0.384. The highest BCUT2D eigenvalue weighted by Crippen LogP contribution is 2.31. The summed E-state index contributed by atoms with van der Waals surface area (Å²) < 4.78 is 38.0. The third kappa shape index (κ3) is 4.75. The van der Waals surface area contributed by atoms with E-state index in [2.05, 4.69) is 10.0 Å². The van der Waals surface area contributed by atoms with E-state index >= 15 is 0 Å². The second-order valence-electron chi connectivity index (χ2n) is 6.04. The standard InChI is InChI=1S/C19H17N3O7S/c1-28-18-8-7-14(22(24)25)11-17(18)21-30(26,27)16-6-2-4-13(10-16)19(23)20-12-15-5-3-9-29-15/h2-11,21H,12H2,1H3,(H,20,23). The Morgan fingerprint density at radius 2 is 1.97 bits per heavy atom. The first kappa shape index (κ1) is 20.9. The van der Waals surface area contributed by atoms with E-state index in [9.17, 15) is 23.3 Å². The SMILES string of the molecule is COc1ccc([N+](=O)[O-])cc1NS(=O)(=O)c1cccc(C(=O)NCc2ccco2)c1. The van der Waals surface area contributed by atoms with Crippen molar-refractivity contribution >= 4 is 27.3 Å². The Hall–Kier alpha value is -3.86. The molecule has 156 valence electrons. The van der Waals surface area contributed by atoms with E-state index in [1.165, 1.54) is 49.8 Å². The summed E-state index contributed by atoms with van der Waals surface area (Å²) >= 11 is 0. The summed E-state index contributed by atoms with van der Waals surface area (Å²) in [5.41, 5.74) is -0.283. The van der Waals surface area contributed by atoms with Gasteiger partial charge < -0.3 is 14.5 Å². The van der Waals surface area contributed by atoms with Crippen LogP contribution in [0.4, 0.5) is 11.4 Å². The highest BCUT2D eigenvalue weighted by Gasteiger charge is 2.20. The molecule has 2 N–H and O–H groups in total. The van der Waals surface area contributed by atoms with Gasteiger partial charge in [-0.05, 0) is 36.4 Å². The molecule has 3 rings (SSSR count). The van der Waals surface area contributed by atoms with Crippen molar-refractivity contribution < 1.29 is 27.3 Å². The van der Waals surface area contributed by atoms with Gasteiger partial charge in [-0.1, -0.05) is 6.07 Å². The molecule has 3 aromatic rings. The van der Waals surface area contributed by atoms with Gasteiger partial charge in [-0.25, -0.2) is 8.42 Å².